The van der Waals surface area contributed by atoms with Gasteiger partial charge in [0.05, 0.1) is 24.6 Å². The average Bonchev–Trinajstić information content (AvgIpc) is 2.75. The summed E-state index contributed by atoms with van der Waals surface area (Å²) in [5.41, 5.74) is 3.56. The number of aliphatic hydroxyl groups excluding tert-OH is 2. The third kappa shape index (κ3) is 8.38. The van der Waals surface area contributed by atoms with Crippen LogP contribution in [0.5, 0.6) is 11.5 Å². The molecule has 0 amide bonds. The molecule has 2 aromatic rings. The molecule has 0 fully saturated rings. The highest BCUT2D eigenvalue weighted by Crippen LogP contribution is 2.35. The van der Waals surface area contributed by atoms with E-state index in [0.29, 0.717) is 46.2 Å². The average molecular weight is 485 g/mol. The number of hydrogen-bond acceptors (Lipinski definition) is 10. The Morgan fingerprint density at radius 3 is 1.44 bits per heavy atom. The minimum absolute atomic E-state index is 0.0378. The van der Waals surface area contributed by atoms with Crippen LogP contribution < -0.4 is 0 Å². The Bertz CT molecular complexity index is 905. The number of aliphatic hydroxyl groups is 2. The minimum atomic E-state index is -1.26. The predicted octanol–water partition coefficient (Wildman–Crippen LogP) is 2.28. The van der Waals surface area contributed by atoms with Gasteiger partial charge in [0.1, 0.15) is 11.5 Å². The van der Waals surface area contributed by atoms with Crippen LogP contribution >= 0.6 is 21.6 Å². The van der Waals surface area contributed by atoms with Crippen molar-refractivity contribution in [1.29, 1.82) is 0 Å². The lowest BCUT2D eigenvalue weighted by molar-refractivity contribution is -0.134. The zero-order chi connectivity index (χ0) is 24.3. The van der Waals surface area contributed by atoms with Crippen LogP contribution in [0, 0.1) is 13.8 Å². The van der Waals surface area contributed by atoms with E-state index in [1.165, 1.54) is 21.6 Å². The second-order valence-corrected chi connectivity index (χ2v) is 8.71. The van der Waals surface area contributed by atoms with Crippen LogP contribution in [-0.4, -0.2) is 52.5 Å². The van der Waals surface area contributed by atoms with Crippen LogP contribution in [0.15, 0.2) is 24.5 Å². The van der Waals surface area contributed by atoms with Crippen LogP contribution in [0.4, 0.5) is 0 Å². The zero-order valence-electron chi connectivity index (χ0n) is 17.3. The van der Waals surface area contributed by atoms with Gasteiger partial charge in [-0.15, -0.1) is 0 Å². The summed E-state index contributed by atoms with van der Waals surface area (Å²) in [5.74, 6) is -1.30. The number of rotatable bonds is 9. The first-order valence-corrected chi connectivity index (χ1v) is 11.5. The summed E-state index contributed by atoms with van der Waals surface area (Å²) in [5, 5.41) is 54.3. The molecule has 0 aliphatic rings. The number of nitrogens with zero attached hydrogens (tertiary/aromatic N) is 2. The van der Waals surface area contributed by atoms with Gasteiger partial charge in [0.2, 0.25) is 0 Å². The second-order valence-electron chi connectivity index (χ2n) is 6.24. The van der Waals surface area contributed by atoms with Crippen molar-refractivity contribution in [3.63, 3.8) is 0 Å². The van der Waals surface area contributed by atoms with Gasteiger partial charge in [-0.3, -0.25) is 9.97 Å². The van der Waals surface area contributed by atoms with Gasteiger partial charge in [-0.1, -0.05) is 21.6 Å². The van der Waals surface area contributed by atoms with Gasteiger partial charge >= 0.3 is 11.9 Å². The number of aliphatic carboxylic acids is 2. The number of aromatic nitrogens is 2. The first-order chi connectivity index (χ1) is 15.1. The molecule has 2 rings (SSSR count). The van der Waals surface area contributed by atoms with Crippen molar-refractivity contribution in [3.8, 4) is 11.5 Å². The molecule has 6 N–H and O–H groups in total. The maximum atomic E-state index is 9.94. The van der Waals surface area contributed by atoms with Crippen molar-refractivity contribution in [2.75, 3.05) is 0 Å². The van der Waals surface area contributed by atoms with Gasteiger partial charge in [0.25, 0.3) is 0 Å². The molecule has 0 bridgehead atoms. The van der Waals surface area contributed by atoms with E-state index in [-0.39, 0.29) is 24.7 Å². The highest BCUT2D eigenvalue weighted by atomic mass is 33.1. The molecule has 174 valence electrons. The van der Waals surface area contributed by atoms with Gasteiger partial charge in [-0.05, 0) is 25.0 Å². The van der Waals surface area contributed by atoms with Crippen molar-refractivity contribution in [1.82, 2.24) is 9.97 Å². The van der Waals surface area contributed by atoms with E-state index in [9.17, 15) is 30.0 Å². The molecule has 0 unspecified atom stereocenters. The van der Waals surface area contributed by atoms with E-state index in [4.69, 9.17) is 10.2 Å². The maximum Gasteiger partial charge on any atom is 0.328 e. The predicted molar refractivity (Wildman–Crippen MR) is 120 cm³/mol. The fourth-order valence-corrected chi connectivity index (χ4v) is 4.50. The molecule has 0 aliphatic heterocycles. The zero-order valence-corrected chi connectivity index (χ0v) is 19.0. The van der Waals surface area contributed by atoms with Gasteiger partial charge in [-0.2, -0.15) is 0 Å². The molecule has 0 saturated carbocycles. The van der Waals surface area contributed by atoms with E-state index in [2.05, 4.69) is 9.97 Å². The van der Waals surface area contributed by atoms with Crippen LogP contribution in [0.1, 0.15) is 33.6 Å². The van der Waals surface area contributed by atoms with Gasteiger partial charge in [0, 0.05) is 47.2 Å². The van der Waals surface area contributed by atoms with E-state index in [0.717, 1.165) is 11.1 Å². The summed E-state index contributed by atoms with van der Waals surface area (Å²) in [7, 11) is 3.08. The van der Waals surface area contributed by atoms with E-state index < -0.39 is 11.9 Å². The lowest BCUT2D eigenvalue weighted by Gasteiger charge is -2.12. The SMILES string of the molecule is Cc1ncc(CSSCc2cnc(C)c(O)c2CO)c(CO)c1O.O=C(O)/C=C\C(=O)O. The van der Waals surface area contributed by atoms with Crippen LogP contribution in [0.25, 0.3) is 0 Å². The van der Waals surface area contributed by atoms with Crippen molar-refractivity contribution in [2.24, 2.45) is 0 Å². The molecule has 0 atom stereocenters. The summed E-state index contributed by atoms with van der Waals surface area (Å²) in [6, 6.07) is 0. The smallest absolute Gasteiger partial charge is 0.328 e. The Kier molecular flexibility index (Phi) is 11.6. The Morgan fingerprint density at radius 1 is 0.812 bits per heavy atom. The minimum Gasteiger partial charge on any atom is -0.506 e. The van der Waals surface area contributed by atoms with Crippen LogP contribution in [0.3, 0.4) is 0 Å². The van der Waals surface area contributed by atoms with Crippen molar-refractivity contribution in [3.05, 3.63) is 58.2 Å². The number of carbonyl (C=O) groups is 2. The largest absolute Gasteiger partial charge is 0.506 e. The monoisotopic (exact) mass is 484 g/mol. The lowest BCUT2D eigenvalue weighted by Crippen LogP contribution is -1.98. The van der Waals surface area contributed by atoms with Crippen LogP contribution in [0.2, 0.25) is 0 Å². The van der Waals surface area contributed by atoms with Gasteiger partial charge in [0.15, 0.2) is 0 Å². The Labute approximate surface area is 192 Å². The van der Waals surface area contributed by atoms with Crippen LogP contribution in [-0.2, 0) is 34.3 Å². The first kappa shape index (κ1) is 27.2. The van der Waals surface area contributed by atoms with E-state index in [1.807, 2.05) is 0 Å². The Balaban J connectivity index is 0.000000547. The second kappa shape index (κ2) is 13.6. The fraction of sp³-hybridized carbons (Fsp3) is 0.300. The molecule has 0 saturated heterocycles. The summed E-state index contributed by atoms with van der Waals surface area (Å²) in [6.45, 7) is 2.90. The molecular formula is C20H24N2O8S2. The molecule has 10 nitrogen and oxygen atoms in total. The Hall–Kier alpha value is -2.80. The topological polar surface area (TPSA) is 181 Å². The molecule has 0 aromatic carbocycles. The third-order valence-corrected chi connectivity index (χ3v) is 6.29. The Morgan fingerprint density at radius 2 is 1.16 bits per heavy atom. The summed E-state index contributed by atoms with van der Waals surface area (Å²) >= 11 is 0. The van der Waals surface area contributed by atoms with Gasteiger partial charge < -0.3 is 30.6 Å². The standard InChI is InChI=1S/C16H20N2O4S2.C4H4O4/c1-9-15(21)13(5-19)11(3-17-9)7-23-24-8-12-4-18-10(2)16(22)14(12)6-20;5-3(6)1-2-4(7)8/h3-4,19-22H,5-8H2,1-2H3;1-2H,(H,5,6)(H,7,8)/b;2-1-. The maximum absolute atomic E-state index is 9.94. The number of aromatic hydroxyl groups is 2. The molecule has 12 heteroatoms. The molecule has 2 aromatic heterocycles. The quantitative estimate of drug-likeness (QED) is 0.174. The highest BCUT2D eigenvalue weighted by molar-refractivity contribution is 8.76. The molecule has 0 aliphatic carbocycles. The molecule has 32 heavy (non-hydrogen) atoms. The summed E-state index contributed by atoms with van der Waals surface area (Å²) < 4.78 is 0. The molecule has 0 radical (unpaired) electrons. The number of pyridine rings is 2. The van der Waals surface area contributed by atoms with E-state index >= 15 is 0 Å². The normalized spacial score (nSPS) is 10.6. The molecule has 2 heterocycles. The lowest BCUT2D eigenvalue weighted by atomic mass is 10.1. The van der Waals surface area contributed by atoms with Crippen molar-refractivity contribution >= 4 is 33.5 Å². The fourth-order valence-electron chi connectivity index (χ4n) is 2.32. The highest BCUT2D eigenvalue weighted by Gasteiger charge is 2.13. The van der Waals surface area contributed by atoms with Crippen molar-refractivity contribution < 1.29 is 40.2 Å². The summed E-state index contributed by atoms with van der Waals surface area (Å²) in [4.78, 5) is 27.3. The number of hydrogen-bond donors (Lipinski definition) is 6. The van der Waals surface area contributed by atoms with Gasteiger partial charge in [-0.25, -0.2) is 9.59 Å². The number of carboxylic acid groups (broad SMARTS) is 2. The van der Waals surface area contributed by atoms with Crippen molar-refractivity contribution in [2.45, 2.75) is 38.6 Å². The summed E-state index contributed by atoms with van der Waals surface area (Å²) in [6.07, 6.45) is 4.43. The number of aryl methyl sites for hydroxylation is 2. The molecule has 0 spiro atoms. The third-order valence-electron chi connectivity index (χ3n) is 4.06. The molecular weight excluding hydrogens is 460 g/mol. The number of carboxylic acids is 2. The first-order valence-electron chi connectivity index (χ1n) is 9.05. The van der Waals surface area contributed by atoms with E-state index in [1.54, 1.807) is 26.2 Å².